The van der Waals surface area contributed by atoms with Gasteiger partial charge in [-0.25, -0.2) is 0 Å². The van der Waals surface area contributed by atoms with Gasteiger partial charge in [0.25, 0.3) is 5.69 Å². The normalized spacial score (nSPS) is 10.1. The van der Waals surface area contributed by atoms with Gasteiger partial charge in [-0.05, 0) is 11.6 Å². The third kappa shape index (κ3) is 3.79. The number of rotatable bonds is 6. The summed E-state index contributed by atoms with van der Waals surface area (Å²) < 4.78 is 0. The maximum absolute atomic E-state index is 11.0. The highest BCUT2D eigenvalue weighted by molar-refractivity contribution is 5.78. The first-order chi connectivity index (χ1) is 10.1. The maximum atomic E-state index is 11.0. The Morgan fingerprint density at radius 1 is 1.10 bits per heavy atom. The number of nitrogens with two attached hydrogens (primary N) is 1. The smallest absolute Gasteiger partial charge is 0.274 e. The predicted octanol–water partition coefficient (Wildman–Crippen LogP) is 2.23. The molecule has 0 saturated carbocycles. The van der Waals surface area contributed by atoms with Crippen molar-refractivity contribution in [2.45, 2.75) is 13.0 Å². The number of carbonyl (C=O) groups excluding carboxylic acids is 1. The molecule has 0 bridgehead atoms. The number of para-hydroxylation sites is 2. The second kappa shape index (κ2) is 6.51. The van der Waals surface area contributed by atoms with E-state index in [1.807, 2.05) is 18.2 Å². The zero-order valence-electron chi connectivity index (χ0n) is 11.3. The number of carbonyl (C=O) groups is 1. The number of anilines is 1. The van der Waals surface area contributed by atoms with E-state index in [1.165, 1.54) is 6.07 Å². The fraction of sp³-hybridized carbons (Fsp3) is 0.133. The van der Waals surface area contributed by atoms with Gasteiger partial charge < -0.3 is 11.1 Å². The molecule has 0 aliphatic heterocycles. The van der Waals surface area contributed by atoms with Gasteiger partial charge in [-0.3, -0.25) is 14.9 Å². The molecule has 0 radical (unpaired) electrons. The van der Waals surface area contributed by atoms with E-state index in [-0.39, 0.29) is 12.1 Å². The van der Waals surface area contributed by atoms with Crippen molar-refractivity contribution < 1.29 is 9.72 Å². The minimum Gasteiger partial charge on any atom is -0.380 e. The highest BCUT2D eigenvalue weighted by Crippen LogP contribution is 2.21. The van der Waals surface area contributed by atoms with Crippen molar-refractivity contribution in [3.05, 3.63) is 69.8 Å². The van der Waals surface area contributed by atoms with Gasteiger partial charge in [-0.1, -0.05) is 36.4 Å². The van der Waals surface area contributed by atoms with E-state index in [0.29, 0.717) is 12.1 Å². The summed E-state index contributed by atoms with van der Waals surface area (Å²) in [5, 5.41) is 14.1. The van der Waals surface area contributed by atoms with Crippen molar-refractivity contribution in [1.29, 1.82) is 0 Å². The molecule has 0 atom stereocenters. The van der Waals surface area contributed by atoms with Crippen LogP contribution in [0.2, 0.25) is 0 Å². The van der Waals surface area contributed by atoms with Crippen LogP contribution in [0.4, 0.5) is 11.4 Å². The van der Waals surface area contributed by atoms with E-state index in [1.54, 1.807) is 24.3 Å². The largest absolute Gasteiger partial charge is 0.380 e. The van der Waals surface area contributed by atoms with Gasteiger partial charge in [-0.2, -0.15) is 0 Å². The molecule has 108 valence electrons. The molecular weight excluding hydrogens is 270 g/mol. The lowest BCUT2D eigenvalue weighted by atomic mass is 10.1. The quantitative estimate of drug-likeness (QED) is 0.628. The molecule has 0 heterocycles. The molecule has 6 nitrogen and oxygen atoms in total. The number of primary amides is 1. The fourth-order valence-corrected chi connectivity index (χ4v) is 2.06. The van der Waals surface area contributed by atoms with Crippen LogP contribution in [0.1, 0.15) is 11.1 Å². The molecular formula is C15H15N3O3. The molecule has 3 N–H and O–H groups in total. The number of amides is 1. The molecule has 6 heteroatoms. The lowest BCUT2D eigenvalue weighted by molar-refractivity contribution is -0.385. The van der Waals surface area contributed by atoms with Crippen molar-refractivity contribution in [3.63, 3.8) is 0 Å². The molecule has 2 aromatic rings. The second-order valence-electron chi connectivity index (χ2n) is 4.54. The van der Waals surface area contributed by atoms with Gasteiger partial charge in [-0.15, -0.1) is 0 Å². The Morgan fingerprint density at radius 2 is 1.71 bits per heavy atom. The van der Waals surface area contributed by atoms with Crippen LogP contribution in [0.25, 0.3) is 0 Å². The first-order valence-corrected chi connectivity index (χ1v) is 6.40. The van der Waals surface area contributed by atoms with Crippen LogP contribution >= 0.6 is 0 Å². The van der Waals surface area contributed by atoms with E-state index < -0.39 is 10.8 Å². The van der Waals surface area contributed by atoms with Crippen molar-refractivity contribution >= 4 is 17.3 Å². The monoisotopic (exact) mass is 285 g/mol. The summed E-state index contributed by atoms with van der Waals surface area (Å²) >= 11 is 0. The van der Waals surface area contributed by atoms with E-state index >= 15 is 0 Å². The minimum absolute atomic E-state index is 0.0670. The van der Waals surface area contributed by atoms with Crippen molar-refractivity contribution in [2.75, 3.05) is 5.32 Å². The number of nitrogens with zero attached hydrogens (tertiary/aromatic N) is 1. The van der Waals surface area contributed by atoms with Crippen LogP contribution in [0.5, 0.6) is 0 Å². The Labute approximate surface area is 121 Å². The summed E-state index contributed by atoms with van der Waals surface area (Å²) in [6, 6.07) is 13.8. The van der Waals surface area contributed by atoms with Crippen molar-refractivity contribution in [1.82, 2.24) is 0 Å². The van der Waals surface area contributed by atoms with E-state index in [2.05, 4.69) is 5.32 Å². The number of benzene rings is 2. The number of nitro benzene ring substituents is 1. The maximum Gasteiger partial charge on any atom is 0.274 e. The number of hydrogen-bond acceptors (Lipinski definition) is 4. The van der Waals surface area contributed by atoms with Crippen molar-refractivity contribution in [2.24, 2.45) is 5.73 Å². The number of nitrogens with one attached hydrogen (secondary N) is 1. The fourth-order valence-electron chi connectivity index (χ4n) is 2.06. The lowest BCUT2D eigenvalue weighted by Crippen LogP contribution is -2.15. The summed E-state index contributed by atoms with van der Waals surface area (Å²) in [4.78, 5) is 21.6. The summed E-state index contributed by atoms with van der Waals surface area (Å²) in [7, 11) is 0. The number of nitro groups is 1. The summed E-state index contributed by atoms with van der Waals surface area (Å²) in [5.41, 5.74) is 7.37. The molecule has 0 unspecified atom stereocenters. The zero-order valence-corrected chi connectivity index (χ0v) is 11.3. The molecule has 0 aliphatic carbocycles. The first-order valence-electron chi connectivity index (χ1n) is 6.40. The second-order valence-corrected chi connectivity index (χ2v) is 4.54. The average molecular weight is 285 g/mol. The molecule has 0 spiro atoms. The van der Waals surface area contributed by atoms with Gasteiger partial charge in [0.05, 0.1) is 11.3 Å². The van der Waals surface area contributed by atoms with E-state index in [9.17, 15) is 14.9 Å². The summed E-state index contributed by atoms with van der Waals surface area (Å²) in [6.07, 6.45) is 0.125. The summed E-state index contributed by atoms with van der Waals surface area (Å²) in [5.74, 6) is -0.421. The topological polar surface area (TPSA) is 98.3 Å². The third-order valence-electron chi connectivity index (χ3n) is 3.04. The molecule has 2 aromatic carbocycles. The molecule has 2 rings (SSSR count). The Hall–Kier alpha value is -2.89. The Morgan fingerprint density at radius 3 is 2.38 bits per heavy atom. The Balaban J connectivity index is 2.17. The molecule has 21 heavy (non-hydrogen) atoms. The van der Waals surface area contributed by atoms with Gasteiger partial charge in [0, 0.05) is 23.9 Å². The van der Waals surface area contributed by atoms with Gasteiger partial charge in [0.1, 0.15) is 0 Å². The van der Waals surface area contributed by atoms with Crippen LogP contribution in [0, 0.1) is 10.1 Å². The highest BCUT2D eigenvalue weighted by atomic mass is 16.6. The average Bonchev–Trinajstić information content (AvgIpc) is 2.46. The minimum atomic E-state index is -0.421. The van der Waals surface area contributed by atoms with Crippen LogP contribution in [-0.2, 0) is 17.8 Å². The zero-order chi connectivity index (χ0) is 15.2. The lowest BCUT2D eigenvalue weighted by Gasteiger charge is -2.11. The van der Waals surface area contributed by atoms with Crippen LogP contribution in [0.15, 0.2) is 48.5 Å². The molecule has 1 amide bonds. The van der Waals surface area contributed by atoms with E-state index in [4.69, 9.17) is 5.73 Å². The highest BCUT2D eigenvalue weighted by Gasteiger charge is 2.12. The van der Waals surface area contributed by atoms with E-state index in [0.717, 1.165) is 11.3 Å². The number of hydrogen-bond donors (Lipinski definition) is 2. The van der Waals surface area contributed by atoms with Gasteiger partial charge in [0.15, 0.2) is 0 Å². The SMILES string of the molecule is NC(=O)Cc1ccccc1NCc1ccccc1[N+](=O)[O-]. The Bertz CT molecular complexity index is 671. The van der Waals surface area contributed by atoms with Crippen molar-refractivity contribution in [3.8, 4) is 0 Å². The molecule has 0 aromatic heterocycles. The van der Waals surface area contributed by atoms with Crippen LogP contribution < -0.4 is 11.1 Å². The van der Waals surface area contributed by atoms with Gasteiger partial charge >= 0.3 is 0 Å². The standard InChI is InChI=1S/C15H15N3O3/c16-15(19)9-11-5-1-3-7-13(11)17-10-12-6-2-4-8-14(12)18(20)21/h1-8,17H,9-10H2,(H2,16,19). The first kappa shape index (κ1) is 14.5. The molecule has 0 saturated heterocycles. The Kier molecular flexibility index (Phi) is 4.50. The van der Waals surface area contributed by atoms with Crippen LogP contribution in [0.3, 0.4) is 0 Å². The predicted molar refractivity (Wildman–Crippen MR) is 79.8 cm³/mol. The molecule has 0 aliphatic rings. The van der Waals surface area contributed by atoms with Crippen LogP contribution in [-0.4, -0.2) is 10.8 Å². The van der Waals surface area contributed by atoms with Gasteiger partial charge in [0.2, 0.25) is 5.91 Å². The molecule has 0 fully saturated rings. The third-order valence-corrected chi connectivity index (χ3v) is 3.04. The summed E-state index contributed by atoms with van der Waals surface area (Å²) in [6.45, 7) is 0.299.